The maximum Gasteiger partial charge on any atom is 0.130 e. The van der Waals surface area contributed by atoms with Crippen molar-refractivity contribution in [1.29, 1.82) is 0 Å². The van der Waals surface area contributed by atoms with Gasteiger partial charge in [0.1, 0.15) is 11.5 Å². The van der Waals surface area contributed by atoms with E-state index in [4.69, 9.17) is 9.47 Å². The molecule has 0 spiro atoms. The van der Waals surface area contributed by atoms with Crippen molar-refractivity contribution in [2.75, 3.05) is 14.2 Å². The SMILES string of the molecule is CCc1c[c]c(OC)cc1OC. The summed E-state index contributed by atoms with van der Waals surface area (Å²) in [7, 11) is 3.28. The molecule has 12 heavy (non-hydrogen) atoms. The van der Waals surface area contributed by atoms with E-state index in [1.807, 2.05) is 12.1 Å². The largest absolute Gasteiger partial charge is 0.496 e. The highest BCUT2D eigenvalue weighted by Crippen LogP contribution is 2.23. The van der Waals surface area contributed by atoms with Crippen molar-refractivity contribution >= 4 is 0 Å². The molecule has 65 valence electrons. The van der Waals surface area contributed by atoms with Crippen LogP contribution in [-0.4, -0.2) is 14.2 Å². The Bertz CT molecular complexity index is 256. The van der Waals surface area contributed by atoms with Gasteiger partial charge in [-0.1, -0.05) is 6.92 Å². The van der Waals surface area contributed by atoms with Gasteiger partial charge in [0.05, 0.1) is 14.2 Å². The number of rotatable bonds is 3. The minimum absolute atomic E-state index is 0.712. The third-order valence-electron chi connectivity index (χ3n) is 1.79. The van der Waals surface area contributed by atoms with Gasteiger partial charge >= 0.3 is 0 Å². The first-order chi connectivity index (χ1) is 5.81. The molecule has 1 radical (unpaired) electrons. The lowest BCUT2D eigenvalue weighted by Gasteiger charge is -2.07. The minimum atomic E-state index is 0.712. The third kappa shape index (κ3) is 1.70. The Kier molecular flexibility index (Phi) is 2.97. The molecule has 0 atom stereocenters. The van der Waals surface area contributed by atoms with E-state index in [1.165, 1.54) is 0 Å². The van der Waals surface area contributed by atoms with Crippen LogP contribution in [0.2, 0.25) is 0 Å². The van der Waals surface area contributed by atoms with E-state index < -0.39 is 0 Å². The summed E-state index contributed by atoms with van der Waals surface area (Å²) >= 11 is 0. The summed E-state index contributed by atoms with van der Waals surface area (Å²) in [6, 6.07) is 6.76. The molecule has 0 saturated heterocycles. The zero-order valence-corrected chi connectivity index (χ0v) is 7.68. The molecule has 0 N–H and O–H groups in total. The topological polar surface area (TPSA) is 18.5 Å². The molecule has 0 heterocycles. The molecule has 2 nitrogen and oxygen atoms in total. The number of hydrogen-bond donors (Lipinski definition) is 0. The monoisotopic (exact) mass is 165 g/mol. The minimum Gasteiger partial charge on any atom is -0.496 e. The number of aryl methyl sites for hydroxylation is 1. The summed E-state index contributed by atoms with van der Waals surface area (Å²) in [5, 5.41) is 0. The molecule has 0 aliphatic carbocycles. The third-order valence-corrected chi connectivity index (χ3v) is 1.79. The summed E-state index contributed by atoms with van der Waals surface area (Å²) in [6.07, 6.45) is 0.948. The average molecular weight is 165 g/mol. The lowest BCUT2D eigenvalue weighted by atomic mass is 10.1. The van der Waals surface area contributed by atoms with Gasteiger partial charge in [0.2, 0.25) is 0 Å². The van der Waals surface area contributed by atoms with Gasteiger partial charge in [0, 0.05) is 12.1 Å². The molecule has 0 aromatic heterocycles. The predicted octanol–water partition coefficient (Wildman–Crippen LogP) is 2.07. The predicted molar refractivity (Wildman–Crippen MR) is 47.8 cm³/mol. The zero-order chi connectivity index (χ0) is 8.97. The average Bonchev–Trinajstić information content (AvgIpc) is 2.16. The van der Waals surface area contributed by atoms with E-state index in [2.05, 4.69) is 13.0 Å². The van der Waals surface area contributed by atoms with Crippen LogP contribution in [0, 0.1) is 6.07 Å². The van der Waals surface area contributed by atoms with Crippen LogP contribution >= 0.6 is 0 Å². The first-order valence-electron chi connectivity index (χ1n) is 3.94. The van der Waals surface area contributed by atoms with E-state index in [0.717, 1.165) is 17.7 Å². The van der Waals surface area contributed by atoms with Crippen molar-refractivity contribution in [3.8, 4) is 11.5 Å². The summed E-state index contributed by atoms with van der Waals surface area (Å²) in [4.78, 5) is 0. The standard InChI is InChI=1S/C10H13O2/c1-4-8-5-6-9(11-2)7-10(8)12-3/h5,7H,4H2,1-3H3. The van der Waals surface area contributed by atoms with Crippen molar-refractivity contribution in [3.05, 3.63) is 23.8 Å². The number of hydrogen-bond acceptors (Lipinski definition) is 2. The van der Waals surface area contributed by atoms with E-state index in [9.17, 15) is 0 Å². The fourth-order valence-corrected chi connectivity index (χ4v) is 1.07. The van der Waals surface area contributed by atoms with Gasteiger partial charge in [-0.15, -0.1) is 0 Å². The molecule has 0 aliphatic rings. The van der Waals surface area contributed by atoms with Gasteiger partial charge in [-0.25, -0.2) is 0 Å². The molecule has 2 heteroatoms. The Balaban J connectivity index is 3.02. The summed E-state index contributed by atoms with van der Waals surface area (Å²) in [6.45, 7) is 2.08. The molecular formula is C10H13O2. The van der Waals surface area contributed by atoms with E-state index in [0.29, 0.717) is 5.75 Å². The highest BCUT2D eigenvalue weighted by atomic mass is 16.5. The molecule has 1 aromatic carbocycles. The van der Waals surface area contributed by atoms with Crippen molar-refractivity contribution in [2.24, 2.45) is 0 Å². The Labute approximate surface area is 73.1 Å². The quantitative estimate of drug-likeness (QED) is 0.682. The lowest BCUT2D eigenvalue weighted by Crippen LogP contribution is -1.92. The zero-order valence-electron chi connectivity index (χ0n) is 7.68. The summed E-state index contributed by atoms with van der Waals surface area (Å²) in [5.41, 5.74) is 1.15. The van der Waals surface area contributed by atoms with Crippen molar-refractivity contribution in [2.45, 2.75) is 13.3 Å². The molecule has 1 rings (SSSR count). The lowest BCUT2D eigenvalue weighted by molar-refractivity contribution is 0.391. The normalized spacial score (nSPS) is 9.58. The second kappa shape index (κ2) is 4.00. The van der Waals surface area contributed by atoms with Gasteiger partial charge in [-0.05, 0) is 18.1 Å². The summed E-state index contributed by atoms with van der Waals surface area (Å²) in [5.74, 6) is 1.58. The fraction of sp³-hybridized carbons (Fsp3) is 0.400. The van der Waals surface area contributed by atoms with Crippen LogP contribution in [0.4, 0.5) is 0 Å². The Morgan fingerprint density at radius 1 is 1.33 bits per heavy atom. The number of methoxy groups -OCH3 is 2. The maximum atomic E-state index is 5.18. The van der Waals surface area contributed by atoms with Crippen LogP contribution in [0.25, 0.3) is 0 Å². The molecule has 0 unspecified atom stereocenters. The molecule has 0 fully saturated rings. The van der Waals surface area contributed by atoms with Gasteiger partial charge in [-0.2, -0.15) is 0 Å². The van der Waals surface area contributed by atoms with E-state index in [1.54, 1.807) is 14.2 Å². The van der Waals surface area contributed by atoms with Gasteiger partial charge < -0.3 is 9.47 Å². The first-order valence-corrected chi connectivity index (χ1v) is 3.94. The Morgan fingerprint density at radius 2 is 2.08 bits per heavy atom. The van der Waals surface area contributed by atoms with Crippen molar-refractivity contribution in [1.82, 2.24) is 0 Å². The van der Waals surface area contributed by atoms with Crippen molar-refractivity contribution < 1.29 is 9.47 Å². The van der Waals surface area contributed by atoms with E-state index >= 15 is 0 Å². The fourth-order valence-electron chi connectivity index (χ4n) is 1.07. The van der Waals surface area contributed by atoms with Crippen LogP contribution in [-0.2, 0) is 6.42 Å². The van der Waals surface area contributed by atoms with Gasteiger partial charge in [0.25, 0.3) is 0 Å². The molecule has 0 aliphatic heterocycles. The number of benzene rings is 1. The van der Waals surface area contributed by atoms with Crippen LogP contribution < -0.4 is 9.47 Å². The van der Waals surface area contributed by atoms with Gasteiger partial charge in [0.15, 0.2) is 0 Å². The first kappa shape index (κ1) is 8.91. The van der Waals surface area contributed by atoms with Crippen molar-refractivity contribution in [3.63, 3.8) is 0 Å². The molecule has 0 amide bonds. The van der Waals surface area contributed by atoms with E-state index in [-0.39, 0.29) is 0 Å². The molecule has 0 saturated carbocycles. The van der Waals surface area contributed by atoms with Gasteiger partial charge in [-0.3, -0.25) is 0 Å². The van der Waals surface area contributed by atoms with Crippen LogP contribution in [0.15, 0.2) is 12.1 Å². The highest BCUT2D eigenvalue weighted by Gasteiger charge is 2.01. The molecule has 0 bridgehead atoms. The second-order valence-electron chi connectivity index (χ2n) is 2.45. The highest BCUT2D eigenvalue weighted by molar-refractivity contribution is 5.39. The maximum absolute atomic E-state index is 5.18. The van der Waals surface area contributed by atoms with Crippen LogP contribution in [0.1, 0.15) is 12.5 Å². The second-order valence-corrected chi connectivity index (χ2v) is 2.45. The smallest absolute Gasteiger partial charge is 0.130 e. The molecular weight excluding hydrogens is 152 g/mol. The molecule has 1 aromatic rings. The number of ether oxygens (including phenoxy) is 2. The summed E-state index contributed by atoms with van der Waals surface area (Å²) < 4.78 is 10.2. The van der Waals surface area contributed by atoms with Crippen LogP contribution in [0.3, 0.4) is 0 Å². The van der Waals surface area contributed by atoms with Crippen LogP contribution in [0.5, 0.6) is 11.5 Å². The Morgan fingerprint density at radius 3 is 2.58 bits per heavy atom. The Hall–Kier alpha value is -1.18.